The molecule has 0 aromatic rings. The Bertz CT molecular complexity index is 108. The van der Waals surface area contributed by atoms with Crippen molar-refractivity contribution in [2.24, 2.45) is 0 Å². The first-order chi connectivity index (χ1) is 5.36. The van der Waals surface area contributed by atoms with Crippen LogP contribution in [0, 0.1) is 0 Å². The molecule has 3 heteroatoms. The second-order valence-electron chi connectivity index (χ2n) is 2.90. The van der Waals surface area contributed by atoms with Gasteiger partial charge in [-0.25, -0.2) is 0 Å². The molecule has 1 unspecified atom stereocenters. The quantitative estimate of drug-likeness (QED) is 0.631. The zero-order valence-corrected chi connectivity index (χ0v) is 7.12. The van der Waals surface area contributed by atoms with Crippen molar-refractivity contribution in [2.75, 3.05) is 32.8 Å². The van der Waals surface area contributed by atoms with Crippen LogP contribution in [0.3, 0.4) is 0 Å². The number of hydrogen-bond donors (Lipinski definition) is 1. The van der Waals surface area contributed by atoms with E-state index in [9.17, 15) is 0 Å². The number of nitrogens with zero attached hydrogens (tertiary/aromatic N) is 1. The second kappa shape index (κ2) is 4.70. The average molecular weight is 159 g/mol. The van der Waals surface area contributed by atoms with Gasteiger partial charge in [0.15, 0.2) is 0 Å². The molecule has 11 heavy (non-hydrogen) atoms. The number of hydrogen-bond acceptors (Lipinski definition) is 3. The van der Waals surface area contributed by atoms with Gasteiger partial charge in [0.25, 0.3) is 0 Å². The van der Waals surface area contributed by atoms with Crippen LogP contribution in [-0.2, 0) is 4.74 Å². The fourth-order valence-corrected chi connectivity index (χ4v) is 1.44. The first-order valence-electron chi connectivity index (χ1n) is 4.31. The van der Waals surface area contributed by atoms with E-state index in [1.54, 1.807) is 0 Å². The highest BCUT2D eigenvalue weighted by molar-refractivity contribution is 4.74. The van der Waals surface area contributed by atoms with Crippen molar-refractivity contribution in [2.45, 2.75) is 19.4 Å². The molecular formula is C8H17NO2. The highest BCUT2D eigenvalue weighted by Gasteiger charge is 2.20. The maximum Gasteiger partial charge on any atom is 0.0715 e. The highest BCUT2D eigenvalue weighted by Crippen LogP contribution is 2.11. The van der Waals surface area contributed by atoms with E-state index in [1.807, 2.05) is 0 Å². The predicted octanol–water partition coefficient (Wildman–Crippen LogP) is 0.0895. The van der Waals surface area contributed by atoms with Crippen LogP contribution in [0.2, 0.25) is 0 Å². The summed E-state index contributed by atoms with van der Waals surface area (Å²) < 4.78 is 5.39. The number of aliphatic hydroxyl groups is 1. The second-order valence-corrected chi connectivity index (χ2v) is 2.90. The van der Waals surface area contributed by atoms with Crippen LogP contribution in [-0.4, -0.2) is 49.0 Å². The van der Waals surface area contributed by atoms with Crippen LogP contribution in [0.25, 0.3) is 0 Å². The van der Waals surface area contributed by atoms with E-state index in [-0.39, 0.29) is 6.61 Å². The van der Waals surface area contributed by atoms with Crippen molar-refractivity contribution in [1.82, 2.24) is 4.90 Å². The third kappa shape index (κ3) is 2.77. The van der Waals surface area contributed by atoms with Gasteiger partial charge in [0, 0.05) is 13.1 Å². The first kappa shape index (κ1) is 8.97. The molecule has 0 aliphatic carbocycles. The van der Waals surface area contributed by atoms with Gasteiger partial charge >= 0.3 is 0 Å². The molecule has 0 saturated carbocycles. The SMILES string of the molecule is CCN1CCC(OCCO)C1. The standard InChI is InChI=1S/C8H17NO2/c1-2-9-4-3-8(7-9)11-6-5-10/h8,10H,2-7H2,1H3. The minimum absolute atomic E-state index is 0.141. The number of aliphatic hydroxyl groups excluding tert-OH is 1. The van der Waals surface area contributed by atoms with Crippen molar-refractivity contribution in [1.29, 1.82) is 0 Å². The fraction of sp³-hybridized carbons (Fsp3) is 1.00. The summed E-state index contributed by atoms with van der Waals surface area (Å²) in [5.41, 5.74) is 0. The summed E-state index contributed by atoms with van der Waals surface area (Å²) in [6.07, 6.45) is 1.48. The van der Waals surface area contributed by atoms with E-state index in [2.05, 4.69) is 11.8 Å². The molecule has 0 aromatic carbocycles. The van der Waals surface area contributed by atoms with Crippen LogP contribution in [0.4, 0.5) is 0 Å². The average Bonchev–Trinajstić information content (AvgIpc) is 2.48. The Hall–Kier alpha value is -0.120. The van der Waals surface area contributed by atoms with Gasteiger partial charge in [0.2, 0.25) is 0 Å². The molecule has 1 rings (SSSR count). The van der Waals surface area contributed by atoms with Crippen molar-refractivity contribution in [3.8, 4) is 0 Å². The van der Waals surface area contributed by atoms with Crippen LogP contribution in [0.5, 0.6) is 0 Å². The van der Waals surface area contributed by atoms with Gasteiger partial charge in [0.1, 0.15) is 0 Å². The molecule has 0 bridgehead atoms. The molecule has 1 N–H and O–H groups in total. The minimum atomic E-state index is 0.141. The lowest BCUT2D eigenvalue weighted by Gasteiger charge is -2.12. The molecule has 0 amide bonds. The molecule has 0 spiro atoms. The van der Waals surface area contributed by atoms with Crippen molar-refractivity contribution in [3.63, 3.8) is 0 Å². The fourth-order valence-electron chi connectivity index (χ4n) is 1.44. The molecular weight excluding hydrogens is 142 g/mol. The number of rotatable bonds is 4. The van der Waals surface area contributed by atoms with E-state index in [4.69, 9.17) is 9.84 Å². The largest absolute Gasteiger partial charge is 0.394 e. The van der Waals surface area contributed by atoms with E-state index >= 15 is 0 Å². The lowest BCUT2D eigenvalue weighted by Crippen LogP contribution is -2.23. The molecule has 1 aliphatic heterocycles. The zero-order chi connectivity index (χ0) is 8.10. The maximum atomic E-state index is 8.51. The molecule has 1 fully saturated rings. The van der Waals surface area contributed by atoms with Crippen LogP contribution in [0.15, 0.2) is 0 Å². The summed E-state index contributed by atoms with van der Waals surface area (Å²) in [6.45, 7) is 6.08. The van der Waals surface area contributed by atoms with Gasteiger partial charge in [-0.05, 0) is 13.0 Å². The molecule has 1 saturated heterocycles. The topological polar surface area (TPSA) is 32.7 Å². The van der Waals surface area contributed by atoms with Gasteiger partial charge in [-0.15, -0.1) is 0 Å². The van der Waals surface area contributed by atoms with E-state index < -0.39 is 0 Å². The number of ether oxygens (including phenoxy) is 1. The van der Waals surface area contributed by atoms with E-state index in [1.165, 1.54) is 0 Å². The third-order valence-corrected chi connectivity index (χ3v) is 2.12. The molecule has 0 radical (unpaired) electrons. The summed E-state index contributed by atoms with van der Waals surface area (Å²) in [5, 5.41) is 8.51. The molecule has 66 valence electrons. The predicted molar refractivity (Wildman–Crippen MR) is 43.6 cm³/mol. The zero-order valence-electron chi connectivity index (χ0n) is 7.12. The van der Waals surface area contributed by atoms with Crippen molar-refractivity contribution in [3.05, 3.63) is 0 Å². The van der Waals surface area contributed by atoms with Gasteiger partial charge in [-0.3, -0.25) is 0 Å². The Morgan fingerprint density at radius 1 is 1.64 bits per heavy atom. The Morgan fingerprint density at radius 3 is 3.00 bits per heavy atom. The lowest BCUT2D eigenvalue weighted by molar-refractivity contribution is 0.0344. The molecule has 1 atom stereocenters. The highest BCUT2D eigenvalue weighted by atomic mass is 16.5. The molecule has 1 aliphatic rings. The summed E-state index contributed by atoms with van der Waals surface area (Å²) in [4.78, 5) is 2.36. The van der Waals surface area contributed by atoms with Crippen molar-refractivity contribution < 1.29 is 9.84 Å². The summed E-state index contributed by atoms with van der Waals surface area (Å²) in [7, 11) is 0. The molecule has 1 heterocycles. The summed E-state index contributed by atoms with van der Waals surface area (Å²) >= 11 is 0. The lowest BCUT2D eigenvalue weighted by atomic mass is 10.3. The number of likely N-dealkylation sites (N-methyl/N-ethyl adjacent to an activating group) is 1. The van der Waals surface area contributed by atoms with Crippen molar-refractivity contribution >= 4 is 0 Å². The van der Waals surface area contributed by atoms with Gasteiger partial charge < -0.3 is 14.7 Å². The van der Waals surface area contributed by atoms with Crippen LogP contribution in [0.1, 0.15) is 13.3 Å². The van der Waals surface area contributed by atoms with Crippen LogP contribution >= 0.6 is 0 Å². The Labute approximate surface area is 68.0 Å². The Kier molecular flexibility index (Phi) is 3.83. The Morgan fingerprint density at radius 2 is 2.45 bits per heavy atom. The number of likely N-dealkylation sites (tertiary alicyclic amines) is 1. The smallest absolute Gasteiger partial charge is 0.0715 e. The molecule has 3 nitrogen and oxygen atoms in total. The van der Waals surface area contributed by atoms with Gasteiger partial charge in [-0.2, -0.15) is 0 Å². The van der Waals surface area contributed by atoms with E-state index in [0.29, 0.717) is 12.7 Å². The molecule has 0 aromatic heterocycles. The summed E-state index contributed by atoms with van der Waals surface area (Å²) in [5.74, 6) is 0. The third-order valence-electron chi connectivity index (χ3n) is 2.12. The summed E-state index contributed by atoms with van der Waals surface area (Å²) in [6, 6.07) is 0. The normalized spacial score (nSPS) is 26.2. The van der Waals surface area contributed by atoms with Gasteiger partial charge in [-0.1, -0.05) is 6.92 Å². The van der Waals surface area contributed by atoms with E-state index in [0.717, 1.165) is 26.1 Å². The monoisotopic (exact) mass is 159 g/mol. The minimum Gasteiger partial charge on any atom is -0.394 e. The maximum absolute atomic E-state index is 8.51. The Balaban J connectivity index is 2.09. The van der Waals surface area contributed by atoms with Crippen LogP contribution < -0.4 is 0 Å². The first-order valence-corrected chi connectivity index (χ1v) is 4.31. The van der Waals surface area contributed by atoms with Gasteiger partial charge in [0.05, 0.1) is 19.3 Å².